The molecule has 0 saturated carbocycles. The van der Waals surface area contributed by atoms with Gasteiger partial charge in [-0.3, -0.25) is 9.69 Å². The normalized spacial score (nSPS) is 18.8. The second kappa shape index (κ2) is 6.87. The summed E-state index contributed by atoms with van der Waals surface area (Å²) in [6.07, 6.45) is -4.26. The second-order valence-corrected chi connectivity index (χ2v) is 7.07. The van der Waals surface area contributed by atoms with Crippen LogP contribution in [-0.4, -0.2) is 44.9 Å². The minimum Gasteiger partial charge on any atom is -0.462 e. The minimum atomic E-state index is -5.25. The summed E-state index contributed by atoms with van der Waals surface area (Å²) in [4.78, 5) is 24.2. The molecule has 0 N–H and O–H groups in total. The van der Waals surface area contributed by atoms with Crippen LogP contribution in [0.4, 0.5) is 18.9 Å². The zero-order chi connectivity index (χ0) is 18.8. The first-order valence-electron chi connectivity index (χ1n) is 7.14. The summed E-state index contributed by atoms with van der Waals surface area (Å²) in [5.74, 6) is -3.88. The summed E-state index contributed by atoms with van der Waals surface area (Å²) in [7, 11) is -3.73. The molecule has 6 nitrogen and oxygen atoms in total. The maximum atomic E-state index is 13.0. The van der Waals surface area contributed by atoms with Gasteiger partial charge in [-0.2, -0.15) is 13.2 Å². The Morgan fingerprint density at radius 1 is 1.28 bits per heavy atom. The molecule has 1 amide bonds. The quantitative estimate of drug-likeness (QED) is 0.751. The molecule has 136 valence electrons. The molecular weight excluding hydrogens is 363 g/mol. The van der Waals surface area contributed by atoms with Crippen molar-refractivity contribution in [3.05, 3.63) is 41.3 Å². The first-order chi connectivity index (χ1) is 11.6. The number of sulfone groups is 1. The molecule has 0 fully saturated rings. The van der Waals surface area contributed by atoms with Crippen LogP contribution in [0.3, 0.4) is 0 Å². The molecule has 1 aliphatic rings. The van der Waals surface area contributed by atoms with Gasteiger partial charge in [0.1, 0.15) is 0 Å². The van der Waals surface area contributed by atoms with Crippen molar-refractivity contribution < 1.29 is 35.9 Å². The Morgan fingerprint density at radius 2 is 1.92 bits per heavy atom. The number of nitrogens with zero attached hydrogens (tertiary/aromatic N) is 1. The number of para-hydroxylation sites is 1. The van der Waals surface area contributed by atoms with Crippen molar-refractivity contribution in [2.75, 3.05) is 17.3 Å². The highest BCUT2D eigenvalue weighted by Crippen LogP contribution is 2.31. The van der Waals surface area contributed by atoms with Crippen LogP contribution in [0.2, 0.25) is 0 Å². The first kappa shape index (κ1) is 19.0. The van der Waals surface area contributed by atoms with Gasteiger partial charge in [0.2, 0.25) is 0 Å². The second-order valence-electron chi connectivity index (χ2n) is 5.14. The highest BCUT2D eigenvalue weighted by Gasteiger charge is 2.47. The van der Waals surface area contributed by atoms with E-state index in [2.05, 4.69) is 0 Å². The lowest BCUT2D eigenvalue weighted by Gasteiger charge is -2.29. The van der Waals surface area contributed by atoms with Gasteiger partial charge in [-0.1, -0.05) is 12.1 Å². The summed E-state index contributed by atoms with van der Waals surface area (Å²) >= 11 is 0. The van der Waals surface area contributed by atoms with Crippen molar-refractivity contribution >= 4 is 27.4 Å². The zero-order valence-electron chi connectivity index (χ0n) is 13.0. The third-order valence-corrected chi connectivity index (χ3v) is 4.74. The molecule has 0 unspecified atom stereocenters. The van der Waals surface area contributed by atoms with Crippen LogP contribution >= 0.6 is 0 Å². The van der Waals surface area contributed by atoms with Gasteiger partial charge in [-0.05, 0) is 25.1 Å². The van der Waals surface area contributed by atoms with E-state index in [1.54, 1.807) is 0 Å². The molecule has 25 heavy (non-hydrogen) atoms. The Bertz CT molecular complexity index is 817. The van der Waals surface area contributed by atoms with Crippen molar-refractivity contribution in [2.24, 2.45) is 0 Å². The number of hydrogen-bond donors (Lipinski definition) is 0. The standard InChI is InChI=1S/C15H14F3NO5S/c1-2-24-13(20)11-5-3-4-6-12(11)19(14(21)15(16,17)18)10-7-8-25(22,23)9-10/h3-8,10H,2,9H2,1H3/t10-/m1/s1. The van der Waals surface area contributed by atoms with E-state index in [0.29, 0.717) is 0 Å². The summed E-state index contributed by atoms with van der Waals surface area (Å²) in [5.41, 5.74) is -0.630. The van der Waals surface area contributed by atoms with Crippen LogP contribution in [0.1, 0.15) is 17.3 Å². The maximum Gasteiger partial charge on any atom is 0.471 e. The maximum absolute atomic E-state index is 13.0. The number of ether oxygens (including phenoxy) is 1. The van der Waals surface area contributed by atoms with E-state index in [-0.39, 0.29) is 22.8 Å². The summed E-state index contributed by atoms with van der Waals surface area (Å²) < 4.78 is 67.0. The van der Waals surface area contributed by atoms with Gasteiger partial charge >= 0.3 is 18.1 Å². The molecule has 0 bridgehead atoms. The zero-order valence-corrected chi connectivity index (χ0v) is 13.8. The van der Waals surface area contributed by atoms with Crippen LogP contribution < -0.4 is 4.90 Å². The fourth-order valence-electron chi connectivity index (χ4n) is 2.36. The number of amides is 1. The predicted octanol–water partition coefficient (Wildman–Crippen LogP) is 2.07. The summed E-state index contributed by atoms with van der Waals surface area (Å²) in [6, 6.07) is 3.69. The lowest BCUT2D eigenvalue weighted by molar-refractivity contribution is -0.170. The molecule has 1 atom stereocenters. The van der Waals surface area contributed by atoms with Gasteiger partial charge in [-0.15, -0.1) is 0 Å². The summed E-state index contributed by atoms with van der Waals surface area (Å²) in [5, 5.41) is 0.751. The van der Waals surface area contributed by atoms with E-state index in [1.807, 2.05) is 0 Å². The number of esters is 1. The lowest BCUT2D eigenvalue weighted by Crippen LogP contribution is -2.48. The van der Waals surface area contributed by atoms with E-state index in [0.717, 1.165) is 17.6 Å². The molecule has 0 aromatic heterocycles. The van der Waals surface area contributed by atoms with Crippen molar-refractivity contribution in [3.63, 3.8) is 0 Å². The number of alkyl halides is 3. The van der Waals surface area contributed by atoms with Gasteiger partial charge in [0.15, 0.2) is 9.84 Å². The van der Waals surface area contributed by atoms with Gasteiger partial charge < -0.3 is 4.74 Å². The molecule has 0 saturated heterocycles. The van der Waals surface area contributed by atoms with E-state index in [4.69, 9.17) is 4.74 Å². The van der Waals surface area contributed by atoms with E-state index < -0.39 is 39.7 Å². The fraction of sp³-hybridized carbons (Fsp3) is 0.333. The van der Waals surface area contributed by atoms with E-state index in [9.17, 15) is 31.2 Å². The molecule has 1 heterocycles. The molecule has 0 radical (unpaired) electrons. The SMILES string of the molecule is CCOC(=O)c1ccccc1N(C(=O)C(F)(F)F)[C@@H]1C=CS(=O)(=O)C1. The van der Waals surface area contributed by atoms with Crippen LogP contribution in [0.5, 0.6) is 0 Å². The number of rotatable bonds is 4. The Morgan fingerprint density at radius 3 is 2.44 bits per heavy atom. The van der Waals surface area contributed by atoms with Crippen LogP contribution in [-0.2, 0) is 19.4 Å². The monoisotopic (exact) mass is 377 g/mol. The summed E-state index contributed by atoms with van der Waals surface area (Å²) in [6.45, 7) is 1.50. The van der Waals surface area contributed by atoms with Crippen molar-refractivity contribution in [3.8, 4) is 0 Å². The fourth-order valence-corrected chi connectivity index (χ4v) is 3.63. The Labute approximate surface area is 141 Å². The van der Waals surface area contributed by atoms with Crippen LogP contribution in [0, 0.1) is 0 Å². The van der Waals surface area contributed by atoms with Gasteiger partial charge in [-0.25, -0.2) is 13.2 Å². The first-order valence-corrected chi connectivity index (χ1v) is 8.86. The van der Waals surface area contributed by atoms with Gasteiger partial charge in [0.05, 0.1) is 29.7 Å². The van der Waals surface area contributed by atoms with Crippen molar-refractivity contribution in [1.29, 1.82) is 0 Å². The average molecular weight is 377 g/mol. The molecule has 10 heteroatoms. The van der Waals surface area contributed by atoms with Gasteiger partial charge in [0.25, 0.3) is 0 Å². The van der Waals surface area contributed by atoms with E-state index in [1.165, 1.54) is 25.1 Å². The number of halogens is 3. The predicted molar refractivity (Wildman–Crippen MR) is 82.7 cm³/mol. The molecule has 0 aliphatic carbocycles. The highest BCUT2D eigenvalue weighted by atomic mass is 32.2. The van der Waals surface area contributed by atoms with Crippen LogP contribution in [0.15, 0.2) is 35.7 Å². The average Bonchev–Trinajstić information content (AvgIpc) is 2.87. The number of benzene rings is 1. The Kier molecular flexibility index (Phi) is 5.21. The van der Waals surface area contributed by atoms with Crippen molar-refractivity contribution in [1.82, 2.24) is 0 Å². The largest absolute Gasteiger partial charge is 0.471 e. The Hall–Kier alpha value is -2.36. The van der Waals surface area contributed by atoms with Gasteiger partial charge in [0, 0.05) is 5.41 Å². The lowest BCUT2D eigenvalue weighted by atomic mass is 10.1. The number of carbonyl (C=O) groups excluding carboxylic acids is 2. The Balaban J connectivity index is 2.56. The number of carbonyl (C=O) groups is 2. The number of hydrogen-bond acceptors (Lipinski definition) is 5. The molecule has 1 aromatic carbocycles. The third kappa shape index (κ3) is 4.19. The third-order valence-electron chi connectivity index (χ3n) is 3.36. The molecule has 2 rings (SSSR count). The highest BCUT2D eigenvalue weighted by molar-refractivity contribution is 7.94. The van der Waals surface area contributed by atoms with E-state index >= 15 is 0 Å². The number of anilines is 1. The smallest absolute Gasteiger partial charge is 0.462 e. The minimum absolute atomic E-state index is 0.0158. The molecular formula is C15H14F3NO5S. The van der Waals surface area contributed by atoms with Crippen molar-refractivity contribution in [2.45, 2.75) is 19.1 Å². The molecule has 1 aliphatic heterocycles. The molecule has 0 spiro atoms. The molecule has 1 aromatic rings. The van der Waals surface area contributed by atoms with Crippen LogP contribution in [0.25, 0.3) is 0 Å². The topological polar surface area (TPSA) is 80.8 Å².